The summed E-state index contributed by atoms with van der Waals surface area (Å²) in [4.78, 5) is 12.5. The van der Waals surface area contributed by atoms with Crippen molar-refractivity contribution in [2.24, 2.45) is 0 Å². The number of carbonyl (C=O) groups is 1. The molecule has 0 aromatic heterocycles. The lowest BCUT2D eigenvalue weighted by atomic mass is 10.2. The van der Waals surface area contributed by atoms with E-state index in [0.717, 1.165) is 12.7 Å². The smallest absolute Gasteiger partial charge is 0.257 e. The molecule has 1 N–H and O–H groups in total. The van der Waals surface area contributed by atoms with Gasteiger partial charge in [-0.1, -0.05) is 30.7 Å². The van der Waals surface area contributed by atoms with Crippen LogP contribution < -0.4 is 10.1 Å². The van der Waals surface area contributed by atoms with E-state index in [9.17, 15) is 13.2 Å². The normalized spacial score (nSPS) is 11.1. The third kappa shape index (κ3) is 4.49. The van der Waals surface area contributed by atoms with Crippen molar-refractivity contribution in [3.8, 4) is 5.75 Å². The molecule has 7 heteroatoms. The largest absolute Gasteiger partial charge is 0.491 e. The molecule has 0 saturated carbocycles. The topological polar surface area (TPSA) is 72.5 Å². The molecule has 128 valence electrons. The van der Waals surface area contributed by atoms with Crippen molar-refractivity contribution in [2.75, 3.05) is 18.2 Å². The molecule has 0 aliphatic carbocycles. The summed E-state index contributed by atoms with van der Waals surface area (Å²) in [6.07, 6.45) is 1.91. The van der Waals surface area contributed by atoms with Crippen LogP contribution in [-0.4, -0.2) is 27.2 Å². The third-order valence-corrected chi connectivity index (χ3v) is 4.65. The predicted molar refractivity (Wildman–Crippen MR) is 94.7 cm³/mol. The van der Waals surface area contributed by atoms with E-state index in [1.54, 1.807) is 24.3 Å². The van der Waals surface area contributed by atoms with E-state index in [0.29, 0.717) is 18.0 Å². The molecule has 1 amide bonds. The van der Waals surface area contributed by atoms with E-state index in [1.165, 1.54) is 18.2 Å². The fourth-order valence-electron chi connectivity index (χ4n) is 2.01. The summed E-state index contributed by atoms with van der Waals surface area (Å²) in [5.74, 6) is 0.0427. The minimum Gasteiger partial charge on any atom is -0.491 e. The Morgan fingerprint density at radius 2 is 1.92 bits per heavy atom. The first-order valence-corrected chi connectivity index (χ1v) is 9.62. The van der Waals surface area contributed by atoms with Gasteiger partial charge in [0.1, 0.15) is 5.75 Å². The monoisotopic (exact) mass is 367 g/mol. The lowest BCUT2D eigenvalue weighted by Crippen LogP contribution is -2.14. The SMILES string of the molecule is CCCOc1ccccc1NC(=O)c1cc(S(C)(=O)=O)ccc1Cl. The second kappa shape index (κ2) is 7.68. The van der Waals surface area contributed by atoms with E-state index in [4.69, 9.17) is 16.3 Å². The first kappa shape index (κ1) is 18.3. The highest BCUT2D eigenvalue weighted by Crippen LogP contribution is 2.26. The molecule has 5 nitrogen and oxygen atoms in total. The maximum absolute atomic E-state index is 12.5. The number of ether oxygens (including phenoxy) is 1. The van der Waals surface area contributed by atoms with Gasteiger partial charge in [-0.15, -0.1) is 0 Å². The second-order valence-electron chi connectivity index (χ2n) is 5.21. The van der Waals surface area contributed by atoms with E-state index in [-0.39, 0.29) is 15.5 Å². The molecular weight excluding hydrogens is 350 g/mol. The number of hydrogen-bond donors (Lipinski definition) is 1. The molecule has 2 aromatic carbocycles. The Morgan fingerprint density at radius 3 is 2.58 bits per heavy atom. The van der Waals surface area contributed by atoms with Crippen molar-refractivity contribution in [1.29, 1.82) is 0 Å². The number of carbonyl (C=O) groups excluding carboxylic acids is 1. The Balaban J connectivity index is 2.31. The van der Waals surface area contributed by atoms with Crippen LogP contribution in [0.15, 0.2) is 47.4 Å². The van der Waals surface area contributed by atoms with Gasteiger partial charge in [-0.05, 0) is 36.8 Å². The summed E-state index contributed by atoms with van der Waals surface area (Å²) in [6, 6.07) is 11.1. The quantitative estimate of drug-likeness (QED) is 0.843. The van der Waals surface area contributed by atoms with Gasteiger partial charge in [0.2, 0.25) is 0 Å². The molecule has 0 atom stereocenters. The van der Waals surface area contributed by atoms with Crippen LogP contribution >= 0.6 is 11.6 Å². The van der Waals surface area contributed by atoms with E-state index < -0.39 is 15.7 Å². The number of para-hydroxylation sites is 2. The molecule has 2 aromatic rings. The Bertz CT molecular complexity index is 849. The third-order valence-electron chi connectivity index (χ3n) is 3.21. The van der Waals surface area contributed by atoms with E-state index in [2.05, 4.69) is 5.32 Å². The van der Waals surface area contributed by atoms with Crippen LogP contribution in [0.5, 0.6) is 5.75 Å². The van der Waals surface area contributed by atoms with Crippen LogP contribution in [0, 0.1) is 0 Å². The fourth-order valence-corrected chi connectivity index (χ4v) is 2.86. The van der Waals surface area contributed by atoms with Gasteiger partial charge in [-0.25, -0.2) is 8.42 Å². The van der Waals surface area contributed by atoms with Gasteiger partial charge in [-0.3, -0.25) is 4.79 Å². The summed E-state index contributed by atoms with van der Waals surface area (Å²) in [5.41, 5.74) is 0.585. The summed E-state index contributed by atoms with van der Waals surface area (Å²) in [7, 11) is -3.43. The maximum Gasteiger partial charge on any atom is 0.257 e. The zero-order valence-corrected chi connectivity index (χ0v) is 14.9. The number of sulfone groups is 1. The van der Waals surface area contributed by atoms with Crippen LogP contribution in [0.1, 0.15) is 23.7 Å². The molecular formula is C17H18ClNO4S. The summed E-state index contributed by atoms with van der Waals surface area (Å²) < 4.78 is 28.9. The standard InChI is InChI=1S/C17H18ClNO4S/c1-3-10-23-16-7-5-4-6-15(16)19-17(20)13-11-12(24(2,21)22)8-9-14(13)18/h4-9,11H,3,10H2,1-2H3,(H,19,20). The molecule has 0 radical (unpaired) electrons. The number of anilines is 1. The van der Waals surface area contributed by atoms with Gasteiger partial charge in [0, 0.05) is 6.26 Å². The number of hydrogen-bond acceptors (Lipinski definition) is 4. The van der Waals surface area contributed by atoms with Crippen LogP contribution in [0.3, 0.4) is 0 Å². The molecule has 0 heterocycles. The maximum atomic E-state index is 12.5. The summed E-state index contributed by atoms with van der Waals surface area (Å²) in [5, 5.41) is 2.89. The highest BCUT2D eigenvalue weighted by Gasteiger charge is 2.17. The summed E-state index contributed by atoms with van der Waals surface area (Å²) >= 11 is 6.04. The van der Waals surface area contributed by atoms with Gasteiger partial charge in [0.25, 0.3) is 5.91 Å². The Kier molecular flexibility index (Phi) is 5.85. The zero-order valence-electron chi connectivity index (χ0n) is 13.4. The Morgan fingerprint density at radius 1 is 1.21 bits per heavy atom. The molecule has 0 bridgehead atoms. The van der Waals surface area contributed by atoms with Crippen molar-refractivity contribution in [2.45, 2.75) is 18.2 Å². The number of halogens is 1. The minimum atomic E-state index is -3.43. The molecule has 0 aliphatic rings. The highest BCUT2D eigenvalue weighted by molar-refractivity contribution is 7.90. The molecule has 0 saturated heterocycles. The van der Waals surface area contributed by atoms with Crippen molar-refractivity contribution in [3.63, 3.8) is 0 Å². The van der Waals surface area contributed by atoms with E-state index in [1.807, 2.05) is 6.92 Å². The molecule has 0 unspecified atom stereocenters. The molecule has 0 spiro atoms. The van der Waals surface area contributed by atoms with Gasteiger partial charge in [0.05, 0.1) is 27.8 Å². The average Bonchev–Trinajstić information content (AvgIpc) is 2.53. The van der Waals surface area contributed by atoms with Crippen LogP contribution in [0.25, 0.3) is 0 Å². The van der Waals surface area contributed by atoms with Crippen molar-refractivity contribution < 1.29 is 17.9 Å². The van der Waals surface area contributed by atoms with Crippen LogP contribution in [0.4, 0.5) is 5.69 Å². The Labute approximate surface area is 146 Å². The van der Waals surface area contributed by atoms with Crippen LogP contribution in [-0.2, 0) is 9.84 Å². The second-order valence-corrected chi connectivity index (χ2v) is 7.64. The molecule has 0 aliphatic heterocycles. The highest BCUT2D eigenvalue weighted by atomic mass is 35.5. The Hall–Kier alpha value is -2.05. The average molecular weight is 368 g/mol. The molecule has 2 rings (SSSR count). The predicted octanol–water partition coefficient (Wildman–Crippen LogP) is 3.78. The van der Waals surface area contributed by atoms with Crippen molar-refractivity contribution in [1.82, 2.24) is 0 Å². The molecule has 0 fully saturated rings. The minimum absolute atomic E-state index is 0.0348. The van der Waals surface area contributed by atoms with Gasteiger partial charge < -0.3 is 10.1 Å². The number of benzene rings is 2. The molecule has 24 heavy (non-hydrogen) atoms. The van der Waals surface area contributed by atoms with Gasteiger partial charge in [-0.2, -0.15) is 0 Å². The lowest BCUT2D eigenvalue weighted by molar-refractivity contribution is 0.102. The first-order valence-electron chi connectivity index (χ1n) is 7.35. The number of rotatable bonds is 6. The number of amides is 1. The fraction of sp³-hybridized carbons (Fsp3) is 0.235. The van der Waals surface area contributed by atoms with Crippen LogP contribution in [0.2, 0.25) is 5.02 Å². The lowest BCUT2D eigenvalue weighted by Gasteiger charge is -2.13. The van der Waals surface area contributed by atoms with E-state index >= 15 is 0 Å². The first-order chi connectivity index (χ1) is 11.3. The number of nitrogens with one attached hydrogen (secondary N) is 1. The summed E-state index contributed by atoms with van der Waals surface area (Å²) in [6.45, 7) is 2.51. The van der Waals surface area contributed by atoms with Gasteiger partial charge in [0.15, 0.2) is 9.84 Å². The zero-order chi connectivity index (χ0) is 17.7. The van der Waals surface area contributed by atoms with Gasteiger partial charge >= 0.3 is 0 Å². The van der Waals surface area contributed by atoms with Crippen molar-refractivity contribution in [3.05, 3.63) is 53.1 Å². The van der Waals surface area contributed by atoms with Crippen molar-refractivity contribution >= 4 is 33.0 Å².